The normalized spacial score (nSPS) is 14.6. The number of para-hydroxylation sites is 2. The van der Waals surface area contributed by atoms with E-state index in [4.69, 9.17) is 10.00 Å². The molecule has 1 aromatic heterocycles. The van der Waals surface area contributed by atoms with Crippen LogP contribution in [0.3, 0.4) is 0 Å². The topological polar surface area (TPSA) is 97.0 Å². The van der Waals surface area contributed by atoms with Crippen LogP contribution in [0.25, 0.3) is 16.6 Å². The van der Waals surface area contributed by atoms with Gasteiger partial charge in [-0.05, 0) is 42.5 Å². The van der Waals surface area contributed by atoms with Crippen LogP contribution in [-0.2, 0) is 4.79 Å². The third kappa shape index (κ3) is 4.26. The summed E-state index contributed by atoms with van der Waals surface area (Å²) in [4.78, 5) is 30.9. The zero-order valence-corrected chi connectivity index (χ0v) is 18.9. The third-order valence-electron chi connectivity index (χ3n) is 5.63. The molecule has 4 aromatic rings. The van der Waals surface area contributed by atoms with E-state index in [2.05, 4.69) is 16.4 Å². The number of thioether (sulfide) groups is 1. The number of carbonyl (C=O) groups excluding carboxylic acids is 1. The van der Waals surface area contributed by atoms with Gasteiger partial charge in [0.15, 0.2) is 5.16 Å². The summed E-state index contributed by atoms with van der Waals surface area (Å²) in [7, 11) is 0. The summed E-state index contributed by atoms with van der Waals surface area (Å²) in [5.74, 6) is 0.735. The maximum atomic E-state index is 13.3. The number of nitriles is 1. The molecule has 34 heavy (non-hydrogen) atoms. The molecule has 8 heteroatoms. The van der Waals surface area contributed by atoms with Crippen molar-refractivity contribution < 1.29 is 9.53 Å². The average molecular weight is 469 g/mol. The van der Waals surface area contributed by atoms with Gasteiger partial charge in [0.05, 0.1) is 46.6 Å². The smallest absolute Gasteiger partial charge is 0.266 e. The second-order valence-electron chi connectivity index (χ2n) is 7.79. The van der Waals surface area contributed by atoms with Crippen LogP contribution in [0.15, 0.2) is 82.7 Å². The quantitative estimate of drug-likeness (QED) is 0.351. The van der Waals surface area contributed by atoms with E-state index in [0.717, 1.165) is 11.3 Å². The van der Waals surface area contributed by atoms with E-state index in [1.165, 1.54) is 16.3 Å². The van der Waals surface area contributed by atoms with Gasteiger partial charge < -0.3 is 10.1 Å². The highest BCUT2D eigenvalue weighted by Gasteiger charge is 2.23. The lowest BCUT2D eigenvalue weighted by Crippen LogP contribution is -2.33. The molecule has 2 heterocycles. The van der Waals surface area contributed by atoms with Crippen molar-refractivity contribution in [3.8, 4) is 17.5 Å². The number of hydrogen-bond acceptors (Lipinski definition) is 6. The summed E-state index contributed by atoms with van der Waals surface area (Å²) in [6, 6.07) is 23.5. The Bertz CT molecular complexity index is 1470. The molecule has 1 aliphatic rings. The Balaban J connectivity index is 1.42. The molecule has 7 nitrogen and oxygen atoms in total. The number of nitrogens with one attached hydrogen (secondary N) is 1. The number of carbonyl (C=O) groups is 1. The Kier molecular flexibility index (Phi) is 6.02. The van der Waals surface area contributed by atoms with E-state index in [1.807, 2.05) is 30.3 Å². The van der Waals surface area contributed by atoms with E-state index in [1.54, 1.807) is 42.5 Å². The second-order valence-corrected chi connectivity index (χ2v) is 8.74. The van der Waals surface area contributed by atoms with Gasteiger partial charge in [-0.2, -0.15) is 5.26 Å². The van der Waals surface area contributed by atoms with E-state index in [-0.39, 0.29) is 23.3 Å². The zero-order chi connectivity index (χ0) is 23.5. The van der Waals surface area contributed by atoms with E-state index in [0.29, 0.717) is 40.3 Å². The van der Waals surface area contributed by atoms with Crippen molar-refractivity contribution in [2.45, 2.75) is 17.6 Å². The first-order valence-electron chi connectivity index (χ1n) is 10.8. The predicted molar refractivity (Wildman–Crippen MR) is 130 cm³/mol. The zero-order valence-electron chi connectivity index (χ0n) is 18.1. The molecule has 0 radical (unpaired) electrons. The summed E-state index contributed by atoms with van der Waals surface area (Å²) in [5.41, 5.74) is 2.39. The Morgan fingerprint density at radius 1 is 1.12 bits per heavy atom. The molecule has 1 atom stereocenters. The molecule has 0 saturated carbocycles. The molecule has 1 unspecified atom stereocenters. The van der Waals surface area contributed by atoms with Crippen molar-refractivity contribution in [1.29, 1.82) is 5.26 Å². The van der Waals surface area contributed by atoms with Crippen molar-refractivity contribution in [3.63, 3.8) is 0 Å². The number of rotatable bonds is 5. The minimum atomic E-state index is -0.225. The Morgan fingerprint density at radius 3 is 2.71 bits per heavy atom. The third-order valence-corrected chi connectivity index (χ3v) is 6.56. The standard InChI is InChI=1S/C26H20N4O3S/c27-15-17-9-11-18(12-10-17)30-25(32)20-6-1-3-7-21(20)29-26(30)34-16-24(31)28-22-13-14-33-23-8-4-2-5-19(22)23/h1-12,22H,13-14,16H2,(H,28,31). The molecule has 5 rings (SSSR count). The maximum Gasteiger partial charge on any atom is 0.266 e. The lowest BCUT2D eigenvalue weighted by atomic mass is 10.0. The highest BCUT2D eigenvalue weighted by atomic mass is 32.2. The molecular formula is C26H20N4O3S. The average Bonchev–Trinajstić information content (AvgIpc) is 2.88. The number of benzene rings is 3. The van der Waals surface area contributed by atoms with Crippen LogP contribution in [-0.4, -0.2) is 27.8 Å². The first-order chi connectivity index (χ1) is 16.6. The van der Waals surface area contributed by atoms with Crippen molar-refractivity contribution in [2.24, 2.45) is 0 Å². The predicted octanol–water partition coefficient (Wildman–Crippen LogP) is 3.99. The second kappa shape index (κ2) is 9.41. The van der Waals surface area contributed by atoms with Crippen molar-refractivity contribution in [2.75, 3.05) is 12.4 Å². The van der Waals surface area contributed by atoms with Gasteiger partial charge in [0.1, 0.15) is 5.75 Å². The fourth-order valence-corrected chi connectivity index (χ4v) is 4.80. The van der Waals surface area contributed by atoms with Crippen molar-refractivity contribution in [1.82, 2.24) is 14.9 Å². The van der Waals surface area contributed by atoms with E-state index >= 15 is 0 Å². The van der Waals surface area contributed by atoms with E-state index < -0.39 is 0 Å². The molecule has 0 saturated heterocycles. The number of ether oxygens (including phenoxy) is 1. The van der Waals surface area contributed by atoms with Gasteiger partial charge in [-0.3, -0.25) is 14.2 Å². The molecule has 3 aromatic carbocycles. The van der Waals surface area contributed by atoms with Crippen LogP contribution >= 0.6 is 11.8 Å². The van der Waals surface area contributed by atoms with Gasteiger partial charge in [0, 0.05) is 12.0 Å². The van der Waals surface area contributed by atoms with Crippen LogP contribution in [0, 0.1) is 11.3 Å². The number of nitrogens with zero attached hydrogens (tertiary/aromatic N) is 3. The first kappa shape index (κ1) is 21.7. The number of amides is 1. The fourth-order valence-electron chi connectivity index (χ4n) is 3.98. The lowest BCUT2D eigenvalue weighted by Gasteiger charge is -2.26. The van der Waals surface area contributed by atoms with Gasteiger partial charge in [0.2, 0.25) is 5.91 Å². The van der Waals surface area contributed by atoms with Crippen molar-refractivity contribution in [3.05, 3.63) is 94.3 Å². The summed E-state index contributed by atoms with van der Waals surface area (Å²) in [5, 5.41) is 13.1. The van der Waals surface area contributed by atoms with Gasteiger partial charge in [-0.25, -0.2) is 4.98 Å². The molecular weight excluding hydrogens is 448 g/mol. The van der Waals surface area contributed by atoms with Gasteiger partial charge in [0.25, 0.3) is 5.56 Å². The maximum absolute atomic E-state index is 13.3. The van der Waals surface area contributed by atoms with Crippen LogP contribution in [0.1, 0.15) is 23.6 Å². The van der Waals surface area contributed by atoms with E-state index in [9.17, 15) is 9.59 Å². The van der Waals surface area contributed by atoms with Crippen molar-refractivity contribution >= 4 is 28.6 Å². The van der Waals surface area contributed by atoms with Gasteiger partial charge in [-0.1, -0.05) is 42.1 Å². The first-order valence-corrected chi connectivity index (χ1v) is 11.8. The van der Waals surface area contributed by atoms with Crippen LogP contribution in [0.2, 0.25) is 0 Å². The number of fused-ring (bicyclic) bond motifs is 2. The number of aromatic nitrogens is 2. The van der Waals surface area contributed by atoms with Crippen LogP contribution in [0.5, 0.6) is 5.75 Å². The van der Waals surface area contributed by atoms with Crippen LogP contribution < -0.4 is 15.6 Å². The highest BCUT2D eigenvalue weighted by Crippen LogP contribution is 2.31. The molecule has 168 valence electrons. The fraction of sp³-hybridized carbons (Fsp3) is 0.154. The number of hydrogen-bond donors (Lipinski definition) is 1. The summed E-state index contributed by atoms with van der Waals surface area (Å²) in [6.45, 7) is 0.541. The minimum absolute atomic E-state index is 0.0978. The van der Waals surface area contributed by atoms with Crippen LogP contribution in [0.4, 0.5) is 0 Å². The Morgan fingerprint density at radius 2 is 1.88 bits per heavy atom. The largest absolute Gasteiger partial charge is 0.493 e. The summed E-state index contributed by atoms with van der Waals surface area (Å²) < 4.78 is 7.17. The molecule has 1 amide bonds. The monoisotopic (exact) mass is 468 g/mol. The van der Waals surface area contributed by atoms with Gasteiger partial charge in [-0.15, -0.1) is 0 Å². The SMILES string of the molecule is N#Cc1ccc(-n2c(SCC(=O)NC3CCOc4ccccc43)nc3ccccc3c2=O)cc1. The molecule has 0 fully saturated rings. The minimum Gasteiger partial charge on any atom is -0.493 e. The molecule has 0 spiro atoms. The van der Waals surface area contributed by atoms with Gasteiger partial charge >= 0.3 is 0 Å². The Labute approximate surface area is 200 Å². The molecule has 1 N–H and O–H groups in total. The summed E-state index contributed by atoms with van der Waals surface area (Å²) in [6.07, 6.45) is 0.692. The Hall–Kier alpha value is -4.09. The molecule has 0 aliphatic carbocycles. The highest BCUT2D eigenvalue weighted by molar-refractivity contribution is 7.99. The summed E-state index contributed by atoms with van der Waals surface area (Å²) >= 11 is 1.20. The molecule has 0 bridgehead atoms. The lowest BCUT2D eigenvalue weighted by molar-refractivity contribution is -0.119. The molecule has 1 aliphatic heterocycles.